The number of rotatable bonds is 7. The van der Waals surface area contributed by atoms with Gasteiger partial charge in [-0.2, -0.15) is 0 Å². The summed E-state index contributed by atoms with van der Waals surface area (Å²) in [7, 11) is -3.88. The van der Waals surface area contributed by atoms with Gasteiger partial charge in [0, 0.05) is 7.11 Å². The summed E-state index contributed by atoms with van der Waals surface area (Å²) in [5.41, 5.74) is -1.18. The molecule has 0 spiro atoms. The average molecular weight is 407 g/mol. The fourth-order valence-corrected chi connectivity index (χ4v) is 3.07. The van der Waals surface area contributed by atoms with Gasteiger partial charge < -0.3 is 19.9 Å². The van der Waals surface area contributed by atoms with Gasteiger partial charge in [-0.15, -0.1) is 0 Å². The minimum Gasteiger partial charge on any atom is -0.731 e. The maximum Gasteiger partial charge on any atom is 1.00 e. The molecule has 0 radical (unpaired) electrons. The third-order valence-corrected chi connectivity index (χ3v) is 4.69. The van der Waals surface area contributed by atoms with Crippen LogP contribution in [0.3, 0.4) is 0 Å². The van der Waals surface area contributed by atoms with E-state index >= 15 is 0 Å². The molecule has 1 aliphatic heterocycles. The van der Waals surface area contributed by atoms with E-state index in [9.17, 15) is 27.4 Å². The predicted molar refractivity (Wildman–Crippen MR) is 87.0 cm³/mol. The first-order valence-corrected chi connectivity index (χ1v) is 8.94. The third-order valence-electron chi connectivity index (χ3n) is 3.86. The molecule has 0 saturated carbocycles. The second-order valence-corrected chi connectivity index (χ2v) is 7.04. The zero-order valence-electron chi connectivity index (χ0n) is 15.1. The standard InChI is InChI=1S/C15H19N3O7S.Na/c1-10(16-12(19)8-11-6-4-3-5-7-11)13(20)17-15(25-2)9-18(14(15)21)26(22,23)24;/h3-7,10H,8-9H2,1-2H3,(H,16,19)(H,17,20)(H,22,23,24);/q;+1/p-1. The molecule has 1 aliphatic rings. The van der Waals surface area contributed by atoms with E-state index in [0.717, 1.165) is 12.7 Å². The van der Waals surface area contributed by atoms with Crippen molar-refractivity contribution < 1.29 is 61.6 Å². The second-order valence-electron chi connectivity index (χ2n) is 5.74. The Balaban J connectivity index is 0.00000364. The Bertz CT molecular complexity index is 818. The number of amides is 3. The van der Waals surface area contributed by atoms with Crippen LogP contribution in [0.1, 0.15) is 12.5 Å². The molecule has 2 unspecified atom stereocenters. The summed E-state index contributed by atoms with van der Waals surface area (Å²) in [6, 6.07) is 7.87. The van der Waals surface area contributed by atoms with Crippen LogP contribution in [0.15, 0.2) is 30.3 Å². The van der Waals surface area contributed by atoms with E-state index < -0.39 is 46.3 Å². The molecule has 0 aromatic heterocycles. The maximum absolute atomic E-state index is 12.2. The van der Waals surface area contributed by atoms with Crippen LogP contribution in [0.5, 0.6) is 0 Å². The Morgan fingerprint density at radius 2 is 1.93 bits per heavy atom. The molecular formula is C15H18N3NaO7S. The summed E-state index contributed by atoms with van der Waals surface area (Å²) in [6.07, 6.45) is 0.0645. The van der Waals surface area contributed by atoms with Gasteiger partial charge in [0.05, 0.1) is 13.0 Å². The first-order chi connectivity index (χ1) is 12.1. The van der Waals surface area contributed by atoms with Gasteiger partial charge in [0.1, 0.15) is 6.04 Å². The van der Waals surface area contributed by atoms with Crippen molar-refractivity contribution in [2.75, 3.05) is 13.7 Å². The third kappa shape index (κ3) is 5.50. The van der Waals surface area contributed by atoms with Gasteiger partial charge in [-0.25, -0.2) is 12.7 Å². The molecule has 1 fully saturated rings. The second kappa shape index (κ2) is 9.13. The molecule has 1 heterocycles. The van der Waals surface area contributed by atoms with Gasteiger partial charge in [0.15, 0.2) is 10.3 Å². The first-order valence-electron chi connectivity index (χ1n) is 7.57. The van der Waals surface area contributed by atoms with Crippen LogP contribution in [0.4, 0.5) is 0 Å². The Morgan fingerprint density at radius 1 is 1.33 bits per heavy atom. The molecule has 0 bridgehead atoms. The number of ether oxygens (including phenoxy) is 1. The average Bonchev–Trinajstić information content (AvgIpc) is 2.57. The minimum absolute atomic E-state index is 0. The van der Waals surface area contributed by atoms with E-state index in [0.29, 0.717) is 0 Å². The molecule has 10 nitrogen and oxygen atoms in total. The van der Waals surface area contributed by atoms with E-state index in [1.54, 1.807) is 24.3 Å². The molecule has 142 valence electrons. The summed E-state index contributed by atoms with van der Waals surface area (Å²) in [5.74, 6) is -2.36. The summed E-state index contributed by atoms with van der Waals surface area (Å²) in [4.78, 5) is 36.1. The molecule has 0 aliphatic carbocycles. The van der Waals surface area contributed by atoms with Crippen molar-refractivity contribution in [3.63, 3.8) is 0 Å². The van der Waals surface area contributed by atoms with Crippen LogP contribution in [0.25, 0.3) is 0 Å². The van der Waals surface area contributed by atoms with Crippen molar-refractivity contribution in [2.45, 2.75) is 25.1 Å². The summed E-state index contributed by atoms with van der Waals surface area (Å²) in [5, 5.41) is 4.70. The normalized spacial score (nSPS) is 20.1. The quantitative estimate of drug-likeness (QED) is 0.201. The Morgan fingerprint density at radius 3 is 2.41 bits per heavy atom. The number of hydrogen-bond acceptors (Lipinski definition) is 7. The maximum atomic E-state index is 12.2. The molecule has 12 heteroatoms. The summed E-state index contributed by atoms with van der Waals surface area (Å²) >= 11 is 0. The smallest absolute Gasteiger partial charge is 0.731 e. The molecule has 1 aromatic carbocycles. The van der Waals surface area contributed by atoms with Crippen molar-refractivity contribution in [1.29, 1.82) is 0 Å². The molecule has 27 heavy (non-hydrogen) atoms. The number of hydrogen-bond donors (Lipinski definition) is 2. The number of methoxy groups -OCH3 is 1. The van der Waals surface area contributed by atoms with Crippen molar-refractivity contribution in [3.05, 3.63) is 35.9 Å². The number of β-lactam (4-membered cyclic amide) rings is 1. The molecule has 1 aromatic rings. The van der Waals surface area contributed by atoms with Crippen LogP contribution in [-0.4, -0.2) is 60.4 Å². The molecule has 2 rings (SSSR count). The summed E-state index contributed by atoms with van der Waals surface area (Å²) < 4.78 is 37.6. The van der Waals surface area contributed by atoms with Crippen LogP contribution in [-0.2, 0) is 35.8 Å². The number of carbonyl (C=O) groups is 3. The van der Waals surface area contributed by atoms with E-state index in [1.165, 1.54) is 6.92 Å². The number of nitrogens with zero attached hydrogens (tertiary/aromatic N) is 1. The number of benzene rings is 1. The number of nitrogens with one attached hydrogen (secondary N) is 2. The van der Waals surface area contributed by atoms with Gasteiger partial charge >= 0.3 is 29.6 Å². The van der Waals surface area contributed by atoms with Gasteiger partial charge in [-0.05, 0) is 12.5 Å². The van der Waals surface area contributed by atoms with E-state index in [2.05, 4.69) is 10.6 Å². The SMILES string of the molecule is COC1(NC(=O)C(C)NC(=O)Cc2ccccc2)CN(S(=O)(=O)[O-])C1=O.[Na+]. The monoisotopic (exact) mass is 407 g/mol. The minimum atomic E-state index is -4.97. The van der Waals surface area contributed by atoms with Crippen LogP contribution in [0, 0.1) is 0 Å². The van der Waals surface area contributed by atoms with Crippen LogP contribution < -0.4 is 40.2 Å². The van der Waals surface area contributed by atoms with E-state index in [1.807, 2.05) is 6.07 Å². The fraction of sp³-hybridized carbons (Fsp3) is 0.400. The fourth-order valence-electron chi connectivity index (χ4n) is 2.37. The zero-order chi connectivity index (χ0) is 19.5. The molecule has 2 N–H and O–H groups in total. The van der Waals surface area contributed by atoms with Gasteiger partial charge in [-0.3, -0.25) is 14.4 Å². The molecule has 3 amide bonds. The Hall–Kier alpha value is -1.50. The molecule has 1 saturated heterocycles. The van der Waals surface area contributed by atoms with Crippen molar-refractivity contribution in [3.8, 4) is 0 Å². The number of carbonyl (C=O) groups excluding carboxylic acids is 3. The zero-order valence-corrected chi connectivity index (χ0v) is 17.9. The van der Waals surface area contributed by atoms with E-state index in [4.69, 9.17) is 4.74 Å². The predicted octanol–water partition coefficient (Wildman–Crippen LogP) is -4.50. The summed E-state index contributed by atoms with van der Waals surface area (Å²) in [6.45, 7) is 0.761. The van der Waals surface area contributed by atoms with Crippen molar-refractivity contribution >= 4 is 28.0 Å². The van der Waals surface area contributed by atoms with Crippen LogP contribution in [0.2, 0.25) is 0 Å². The van der Waals surface area contributed by atoms with Crippen molar-refractivity contribution in [1.82, 2.24) is 14.9 Å². The Kier molecular flexibility index (Phi) is 7.96. The topological polar surface area (TPSA) is 145 Å². The van der Waals surface area contributed by atoms with Gasteiger partial charge in [-0.1, -0.05) is 30.3 Å². The largest absolute Gasteiger partial charge is 1.00 e. The van der Waals surface area contributed by atoms with Gasteiger partial charge in [0.2, 0.25) is 17.5 Å². The molecular weight excluding hydrogens is 389 g/mol. The molecule has 2 atom stereocenters. The van der Waals surface area contributed by atoms with Crippen molar-refractivity contribution in [2.24, 2.45) is 0 Å². The van der Waals surface area contributed by atoms with Crippen LogP contribution >= 0.6 is 0 Å². The van der Waals surface area contributed by atoms with Gasteiger partial charge in [0.25, 0.3) is 5.91 Å². The Labute approximate surface area is 178 Å². The first kappa shape index (κ1) is 23.5. The van der Waals surface area contributed by atoms with E-state index in [-0.39, 0.29) is 40.3 Å².